The van der Waals surface area contributed by atoms with E-state index < -0.39 is 45.8 Å². The second-order valence-electron chi connectivity index (χ2n) is 3.19. The van der Waals surface area contributed by atoms with E-state index in [9.17, 15) is 23.1 Å². The molecule has 2 aromatic rings. The first-order valence-corrected chi connectivity index (χ1v) is 4.33. The summed E-state index contributed by atoms with van der Waals surface area (Å²) in [5, 5.41) is 17.4. The third-order valence-electron chi connectivity index (χ3n) is 2.17. The molecule has 88 valence electrons. The molecule has 0 aliphatic rings. The molecule has 0 atom stereocenters. The fourth-order valence-electron chi connectivity index (χ4n) is 1.36. The Bertz CT molecular complexity index is 642. The number of nitrogens with zero attached hydrogens (tertiary/aromatic N) is 1. The lowest BCUT2D eigenvalue weighted by molar-refractivity contribution is 0.0691. The van der Waals surface area contributed by atoms with Gasteiger partial charge in [0, 0.05) is 5.39 Å². The first-order chi connectivity index (χ1) is 7.93. The highest BCUT2D eigenvalue weighted by atomic mass is 19.2. The summed E-state index contributed by atoms with van der Waals surface area (Å²) in [6, 6.07) is 1.83. The van der Waals surface area contributed by atoms with Gasteiger partial charge in [-0.05, 0) is 12.1 Å². The molecule has 0 amide bonds. The number of carbonyl (C=O) groups is 1. The van der Waals surface area contributed by atoms with Gasteiger partial charge in [-0.3, -0.25) is 0 Å². The fourth-order valence-corrected chi connectivity index (χ4v) is 1.36. The van der Waals surface area contributed by atoms with Crippen molar-refractivity contribution in [2.75, 3.05) is 0 Å². The van der Waals surface area contributed by atoms with Gasteiger partial charge in [0.05, 0.1) is 0 Å². The van der Waals surface area contributed by atoms with Gasteiger partial charge in [0.1, 0.15) is 11.2 Å². The van der Waals surface area contributed by atoms with Crippen LogP contribution >= 0.6 is 0 Å². The first-order valence-electron chi connectivity index (χ1n) is 4.33. The summed E-state index contributed by atoms with van der Waals surface area (Å²) in [5.41, 5.74) is -1.15. The zero-order valence-electron chi connectivity index (χ0n) is 8.04. The van der Waals surface area contributed by atoms with Crippen LogP contribution in [0.15, 0.2) is 12.1 Å². The van der Waals surface area contributed by atoms with Crippen LogP contribution in [0.1, 0.15) is 10.5 Å². The monoisotopic (exact) mass is 243 g/mol. The molecule has 0 radical (unpaired) electrons. The molecule has 0 unspecified atom stereocenters. The highest BCUT2D eigenvalue weighted by Gasteiger charge is 2.21. The van der Waals surface area contributed by atoms with Crippen molar-refractivity contribution in [3.05, 3.63) is 35.3 Å². The molecule has 0 saturated carbocycles. The summed E-state index contributed by atoms with van der Waals surface area (Å²) in [6.45, 7) is 0. The number of benzene rings is 1. The van der Waals surface area contributed by atoms with E-state index in [2.05, 4.69) is 4.98 Å². The molecule has 2 N–H and O–H groups in total. The number of rotatable bonds is 1. The predicted molar refractivity (Wildman–Crippen MR) is 50.2 cm³/mol. The largest absolute Gasteiger partial charge is 0.503 e. The van der Waals surface area contributed by atoms with E-state index in [0.29, 0.717) is 0 Å². The van der Waals surface area contributed by atoms with Crippen molar-refractivity contribution in [1.29, 1.82) is 0 Å². The molecule has 0 aliphatic carbocycles. The molecule has 1 aromatic carbocycles. The molecular formula is C10H4F3NO3. The van der Waals surface area contributed by atoms with E-state index in [0.717, 1.165) is 12.1 Å². The number of fused-ring (bicyclic) bond motifs is 1. The Morgan fingerprint density at radius 1 is 1.12 bits per heavy atom. The van der Waals surface area contributed by atoms with Crippen molar-refractivity contribution in [2.24, 2.45) is 0 Å². The Hall–Kier alpha value is -2.31. The van der Waals surface area contributed by atoms with Crippen LogP contribution in [0.4, 0.5) is 13.2 Å². The topological polar surface area (TPSA) is 70.4 Å². The molecule has 0 aliphatic heterocycles. The summed E-state index contributed by atoms with van der Waals surface area (Å²) in [7, 11) is 0. The lowest BCUT2D eigenvalue weighted by atomic mass is 10.1. The number of hydrogen-bond acceptors (Lipinski definition) is 3. The van der Waals surface area contributed by atoms with E-state index in [1.165, 1.54) is 0 Å². The number of phenolic OH excluding ortho intramolecular Hbond substituents is 1. The number of carboxylic acid groups (broad SMARTS) is 1. The molecule has 2 rings (SSSR count). The van der Waals surface area contributed by atoms with Crippen LogP contribution in [0.2, 0.25) is 0 Å². The van der Waals surface area contributed by atoms with Crippen LogP contribution in [-0.4, -0.2) is 21.2 Å². The smallest absolute Gasteiger partial charge is 0.354 e. The van der Waals surface area contributed by atoms with Gasteiger partial charge in [-0.2, -0.15) is 4.39 Å². The molecule has 17 heavy (non-hydrogen) atoms. The van der Waals surface area contributed by atoms with Crippen molar-refractivity contribution in [3.63, 3.8) is 0 Å². The number of pyridine rings is 1. The SMILES string of the molecule is O=C(O)c1ccc2c(F)c(F)c(F)c(O)c2n1. The van der Waals surface area contributed by atoms with Gasteiger partial charge in [0.2, 0.25) is 5.82 Å². The Morgan fingerprint density at radius 3 is 2.35 bits per heavy atom. The fraction of sp³-hybridized carbons (Fsp3) is 0. The van der Waals surface area contributed by atoms with E-state index in [4.69, 9.17) is 5.11 Å². The summed E-state index contributed by atoms with van der Waals surface area (Å²) >= 11 is 0. The molecular weight excluding hydrogens is 239 g/mol. The van der Waals surface area contributed by atoms with Crippen molar-refractivity contribution in [2.45, 2.75) is 0 Å². The van der Waals surface area contributed by atoms with Gasteiger partial charge in [0.25, 0.3) is 0 Å². The van der Waals surface area contributed by atoms with Gasteiger partial charge in [-0.25, -0.2) is 18.6 Å². The van der Waals surface area contributed by atoms with E-state index in [-0.39, 0.29) is 0 Å². The molecule has 1 heterocycles. The van der Waals surface area contributed by atoms with Gasteiger partial charge < -0.3 is 10.2 Å². The van der Waals surface area contributed by atoms with Crippen molar-refractivity contribution in [1.82, 2.24) is 4.98 Å². The number of aromatic carboxylic acids is 1. The third kappa shape index (κ3) is 1.55. The summed E-state index contributed by atoms with van der Waals surface area (Å²) < 4.78 is 39.2. The number of phenols is 1. The van der Waals surface area contributed by atoms with Crippen LogP contribution in [0.5, 0.6) is 5.75 Å². The van der Waals surface area contributed by atoms with E-state index >= 15 is 0 Å². The summed E-state index contributed by atoms with van der Waals surface area (Å²) in [5.74, 6) is -7.82. The molecule has 0 bridgehead atoms. The highest BCUT2D eigenvalue weighted by Crippen LogP contribution is 2.31. The minimum atomic E-state index is -1.83. The van der Waals surface area contributed by atoms with Crippen molar-refractivity contribution >= 4 is 16.9 Å². The Labute approximate surface area is 91.9 Å². The van der Waals surface area contributed by atoms with Crippen LogP contribution in [0.3, 0.4) is 0 Å². The van der Waals surface area contributed by atoms with Gasteiger partial charge in [0.15, 0.2) is 17.4 Å². The Balaban J connectivity index is 2.91. The molecule has 0 saturated heterocycles. The van der Waals surface area contributed by atoms with Crippen LogP contribution < -0.4 is 0 Å². The first kappa shape index (κ1) is 11.2. The Kier molecular flexibility index (Phi) is 2.38. The average Bonchev–Trinajstić information content (AvgIpc) is 2.32. The quantitative estimate of drug-likeness (QED) is 0.752. The average molecular weight is 243 g/mol. The van der Waals surface area contributed by atoms with Crippen molar-refractivity contribution in [3.8, 4) is 5.75 Å². The van der Waals surface area contributed by atoms with Crippen molar-refractivity contribution < 1.29 is 28.2 Å². The van der Waals surface area contributed by atoms with E-state index in [1.54, 1.807) is 0 Å². The van der Waals surface area contributed by atoms with Gasteiger partial charge in [-0.1, -0.05) is 0 Å². The second kappa shape index (κ2) is 3.62. The van der Waals surface area contributed by atoms with Crippen LogP contribution in [0, 0.1) is 17.5 Å². The number of carboxylic acids is 1. The maximum atomic E-state index is 13.3. The summed E-state index contributed by atoms with van der Waals surface area (Å²) in [4.78, 5) is 13.9. The zero-order chi connectivity index (χ0) is 12.7. The minimum absolute atomic E-state index is 0.494. The van der Waals surface area contributed by atoms with E-state index in [1.807, 2.05) is 0 Å². The number of halogens is 3. The van der Waals surface area contributed by atoms with Gasteiger partial charge in [-0.15, -0.1) is 0 Å². The van der Waals surface area contributed by atoms with Crippen LogP contribution in [0.25, 0.3) is 10.9 Å². The molecule has 4 nitrogen and oxygen atoms in total. The summed E-state index contributed by atoms with van der Waals surface area (Å²) in [6.07, 6.45) is 0. The maximum absolute atomic E-state index is 13.3. The molecule has 7 heteroatoms. The Morgan fingerprint density at radius 2 is 1.76 bits per heavy atom. The number of aromatic nitrogens is 1. The van der Waals surface area contributed by atoms with Crippen LogP contribution in [-0.2, 0) is 0 Å². The normalized spacial score (nSPS) is 10.8. The zero-order valence-corrected chi connectivity index (χ0v) is 8.04. The van der Waals surface area contributed by atoms with Gasteiger partial charge >= 0.3 is 5.97 Å². The second-order valence-corrected chi connectivity index (χ2v) is 3.19. The molecule has 1 aromatic heterocycles. The standard InChI is InChI=1S/C10H4F3NO3/c11-5-3-1-2-4(10(16)17)14-8(3)9(15)7(13)6(5)12/h1-2,15H,(H,16,17). The number of hydrogen-bond donors (Lipinski definition) is 2. The maximum Gasteiger partial charge on any atom is 0.354 e. The number of aromatic hydroxyl groups is 1. The lowest BCUT2D eigenvalue weighted by Gasteiger charge is -2.05. The lowest BCUT2D eigenvalue weighted by Crippen LogP contribution is -2.02. The minimum Gasteiger partial charge on any atom is -0.503 e. The molecule has 0 spiro atoms. The third-order valence-corrected chi connectivity index (χ3v) is 2.17. The molecule has 0 fully saturated rings. The highest BCUT2D eigenvalue weighted by molar-refractivity contribution is 5.92. The predicted octanol–water partition coefficient (Wildman–Crippen LogP) is 2.06.